The normalized spacial score (nSPS) is 10.9. The summed E-state index contributed by atoms with van der Waals surface area (Å²) >= 11 is 0. The number of unbranched alkanes of at least 4 members (excludes halogenated alkanes) is 1. The Morgan fingerprint density at radius 1 is 1.11 bits per heavy atom. The smallest absolute Gasteiger partial charge is 0.119 e. The molecule has 1 aromatic carbocycles. The van der Waals surface area contributed by atoms with Crippen LogP contribution in [-0.2, 0) is 0 Å². The Morgan fingerprint density at radius 3 is 2.56 bits per heavy atom. The summed E-state index contributed by atoms with van der Waals surface area (Å²) in [4.78, 5) is 0. The second kappa shape index (κ2) is 8.15. The standard InChI is InChI=1S/C16H27NO/c1-13(2)12-17-9-5-6-10-18-16-8-7-14(3)15(4)11-16/h7-8,11,13,17H,5-6,9-10,12H2,1-4H3. The predicted molar refractivity (Wildman–Crippen MR) is 78.4 cm³/mol. The molecule has 0 fully saturated rings. The molecule has 0 saturated heterocycles. The van der Waals surface area contributed by atoms with Gasteiger partial charge in [-0.2, -0.15) is 0 Å². The van der Waals surface area contributed by atoms with Crippen LogP contribution in [0, 0.1) is 19.8 Å². The molecule has 1 N–H and O–H groups in total. The zero-order chi connectivity index (χ0) is 13.4. The first-order valence-electron chi connectivity index (χ1n) is 7.00. The van der Waals surface area contributed by atoms with E-state index in [1.807, 2.05) is 0 Å². The van der Waals surface area contributed by atoms with E-state index in [1.165, 1.54) is 17.5 Å². The predicted octanol–water partition coefficient (Wildman–Crippen LogP) is 3.71. The van der Waals surface area contributed by atoms with Crippen molar-refractivity contribution in [1.82, 2.24) is 5.32 Å². The third kappa shape index (κ3) is 6.06. The zero-order valence-corrected chi connectivity index (χ0v) is 12.3. The molecule has 0 aliphatic carbocycles. The van der Waals surface area contributed by atoms with Crippen molar-refractivity contribution in [2.45, 2.75) is 40.5 Å². The van der Waals surface area contributed by atoms with Crippen molar-refractivity contribution in [3.8, 4) is 5.75 Å². The fourth-order valence-electron chi connectivity index (χ4n) is 1.74. The molecule has 0 aliphatic heterocycles. The molecule has 0 saturated carbocycles. The van der Waals surface area contributed by atoms with Gasteiger partial charge in [0.1, 0.15) is 5.75 Å². The van der Waals surface area contributed by atoms with Gasteiger partial charge in [0.25, 0.3) is 0 Å². The van der Waals surface area contributed by atoms with Gasteiger partial charge in [-0.1, -0.05) is 19.9 Å². The average Bonchev–Trinajstić information content (AvgIpc) is 2.32. The zero-order valence-electron chi connectivity index (χ0n) is 12.3. The van der Waals surface area contributed by atoms with E-state index in [2.05, 4.69) is 51.2 Å². The molecule has 2 nitrogen and oxygen atoms in total. The second-order valence-electron chi connectivity index (χ2n) is 5.40. The van der Waals surface area contributed by atoms with Crippen LogP contribution in [0.5, 0.6) is 5.75 Å². The van der Waals surface area contributed by atoms with E-state index in [0.717, 1.165) is 37.8 Å². The largest absolute Gasteiger partial charge is 0.494 e. The fourth-order valence-corrected chi connectivity index (χ4v) is 1.74. The fraction of sp³-hybridized carbons (Fsp3) is 0.625. The quantitative estimate of drug-likeness (QED) is 0.709. The molecule has 2 heteroatoms. The summed E-state index contributed by atoms with van der Waals surface area (Å²) in [7, 11) is 0. The van der Waals surface area contributed by atoms with Gasteiger partial charge < -0.3 is 10.1 Å². The van der Waals surface area contributed by atoms with E-state index in [0.29, 0.717) is 0 Å². The van der Waals surface area contributed by atoms with Crippen LogP contribution < -0.4 is 10.1 Å². The van der Waals surface area contributed by atoms with Gasteiger partial charge in [-0.25, -0.2) is 0 Å². The summed E-state index contributed by atoms with van der Waals surface area (Å²) in [6.07, 6.45) is 2.29. The maximum Gasteiger partial charge on any atom is 0.119 e. The van der Waals surface area contributed by atoms with E-state index < -0.39 is 0 Å². The third-order valence-electron chi connectivity index (χ3n) is 3.05. The maximum absolute atomic E-state index is 5.74. The van der Waals surface area contributed by atoms with Crippen molar-refractivity contribution in [3.05, 3.63) is 29.3 Å². The molecule has 1 aromatic rings. The number of benzene rings is 1. The first-order valence-corrected chi connectivity index (χ1v) is 7.00. The van der Waals surface area contributed by atoms with E-state index in [4.69, 9.17) is 4.74 Å². The van der Waals surface area contributed by atoms with Gasteiger partial charge in [0.2, 0.25) is 0 Å². The van der Waals surface area contributed by atoms with Gasteiger partial charge in [-0.15, -0.1) is 0 Å². The number of rotatable bonds is 8. The van der Waals surface area contributed by atoms with Crippen LogP contribution in [0.3, 0.4) is 0 Å². The summed E-state index contributed by atoms with van der Waals surface area (Å²) < 4.78 is 5.74. The lowest BCUT2D eigenvalue weighted by Crippen LogP contribution is -2.21. The van der Waals surface area contributed by atoms with Crippen LogP contribution in [0.1, 0.15) is 37.8 Å². The minimum atomic E-state index is 0.733. The topological polar surface area (TPSA) is 21.3 Å². The molecule has 0 spiro atoms. The molecular formula is C16H27NO. The molecule has 0 atom stereocenters. The highest BCUT2D eigenvalue weighted by Crippen LogP contribution is 2.16. The summed E-state index contributed by atoms with van der Waals surface area (Å²) in [5.74, 6) is 1.73. The van der Waals surface area contributed by atoms with Crippen molar-refractivity contribution in [2.24, 2.45) is 5.92 Å². The summed E-state index contributed by atoms with van der Waals surface area (Å²) in [5.41, 5.74) is 2.62. The maximum atomic E-state index is 5.74. The molecule has 18 heavy (non-hydrogen) atoms. The van der Waals surface area contributed by atoms with Crippen LogP contribution >= 0.6 is 0 Å². The van der Waals surface area contributed by atoms with Crippen LogP contribution in [0.25, 0.3) is 0 Å². The molecule has 0 amide bonds. The Hall–Kier alpha value is -1.02. The lowest BCUT2D eigenvalue weighted by atomic mass is 10.1. The Kier molecular flexibility index (Phi) is 6.81. The SMILES string of the molecule is Cc1ccc(OCCCCNCC(C)C)cc1C. The molecule has 0 aromatic heterocycles. The Labute approximate surface area is 112 Å². The van der Waals surface area contributed by atoms with Gasteiger partial charge in [0.15, 0.2) is 0 Å². The number of hydrogen-bond acceptors (Lipinski definition) is 2. The summed E-state index contributed by atoms with van der Waals surface area (Å²) in [6, 6.07) is 6.29. The van der Waals surface area contributed by atoms with Crippen molar-refractivity contribution in [1.29, 1.82) is 0 Å². The Morgan fingerprint density at radius 2 is 1.89 bits per heavy atom. The molecule has 1 rings (SSSR count). The molecule has 0 aliphatic rings. The van der Waals surface area contributed by atoms with Gasteiger partial charge >= 0.3 is 0 Å². The van der Waals surface area contributed by atoms with Crippen molar-refractivity contribution >= 4 is 0 Å². The van der Waals surface area contributed by atoms with Crippen LogP contribution in [0.2, 0.25) is 0 Å². The molecule has 102 valence electrons. The van der Waals surface area contributed by atoms with Crippen molar-refractivity contribution in [2.75, 3.05) is 19.7 Å². The third-order valence-corrected chi connectivity index (χ3v) is 3.05. The number of aryl methyl sites for hydroxylation is 2. The van der Waals surface area contributed by atoms with E-state index in [1.54, 1.807) is 0 Å². The highest BCUT2D eigenvalue weighted by molar-refractivity contribution is 5.33. The minimum absolute atomic E-state index is 0.733. The lowest BCUT2D eigenvalue weighted by Gasteiger charge is -2.09. The minimum Gasteiger partial charge on any atom is -0.494 e. The lowest BCUT2D eigenvalue weighted by molar-refractivity contribution is 0.305. The molecular weight excluding hydrogens is 222 g/mol. The summed E-state index contributed by atoms with van der Waals surface area (Å²) in [6.45, 7) is 11.7. The van der Waals surface area contributed by atoms with E-state index in [9.17, 15) is 0 Å². The molecule has 0 unspecified atom stereocenters. The molecule has 0 heterocycles. The number of hydrogen-bond donors (Lipinski definition) is 1. The number of ether oxygens (including phenoxy) is 1. The molecule has 0 bridgehead atoms. The Bertz CT molecular complexity index is 347. The van der Waals surface area contributed by atoms with Crippen molar-refractivity contribution < 1.29 is 4.74 Å². The second-order valence-corrected chi connectivity index (χ2v) is 5.40. The molecule has 0 radical (unpaired) electrons. The van der Waals surface area contributed by atoms with Gasteiger partial charge in [-0.3, -0.25) is 0 Å². The number of nitrogens with one attached hydrogen (secondary N) is 1. The van der Waals surface area contributed by atoms with Crippen LogP contribution in [0.15, 0.2) is 18.2 Å². The highest BCUT2D eigenvalue weighted by atomic mass is 16.5. The van der Waals surface area contributed by atoms with E-state index in [-0.39, 0.29) is 0 Å². The highest BCUT2D eigenvalue weighted by Gasteiger charge is 1.97. The summed E-state index contributed by atoms with van der Waals surface area (Å²) in [5, 5.41) is 3.44. The van der Waals surface area contributed by atoms with Crippen molar-refractivity contribution in [3.63, 3.8) is 0 Å². The first kappa shape index (κ1) is 15.0. The average molecular weight is 249 g/mol. The van der Waals surface area contributed by atoms with Gasteiger partial charge in [0, 0.05) is 0 Å². The van der Waals surface area contributed by atoms with E-state index >= 15 is 0 Å². The first-order chi connectivity index (χ1) is 8.59. The van der Waals surface area contributed by atoms with Crippen LogP contribution in [-0.4, -0.2) is 19.7 Å². The van der Waals surface area contributed by atoms with Gasteiger partial charge in [0.05, 0.1) is 6.61 Å². The monoisotopic (exact) mass is 249 g/mol. The van der Waals surface area contributed by atoms with Gasteiger partial charge in [-0.05, 0) is 69.0 Å². The Balaban J connectivity index is 2.09. The van der Waals surface area contributed by atoms with Crippen LogP contribution in [0.4, 0.5) is 0 Å².